The molecule has 1 fully saturated rings. The van der Waals surface area contributed by atoms with Gasteiger partial charge in [-0.2, -0.15) is 0 Å². The third-order valence-corrected chi connectivity index (χ3v) is 4.51. The van der Waals surface area contributed by atoms with Gasteiger partial charge in [-0.1, -0.05) is 34.1 Å². The van der Waals surface area contributed by atoms with Crippen LogP contribution in [0.2, 0.25) is 0 Å². The van der Waals surface area contributed by atoms with Crippen LogP contribution in [0.5, 0.6) is 0 Å². The molecule has 0 aliphatic carbocycles. The normalized spacial score (nSPS) is 22.1. The van der Waals surface area contributed by atoms with E-state index in [9.17, 15) is 4.79 Å². The predicted octanol–water partition coefficient (Wildman–Crippen LogP) is 1.65. The number of nitrogens with two attached hydrogens (primary N) is 2. The molecule has 1 amide bonds. The minimum atomic E-state index is -0.201. The first kappa shape index (κ1) is 14.5. The number of primary amides is 1. The number of rotatable bonds is 4. The Bertz CT molecular complexity index is 452. The van der Waals surface area contributed by atoms with Crippen molar-refractivity contribution in [2.45, 2.75) is 18.9 Å². The first-order valence-corrected chi connectivity index (χ1v) is 7.40. The summed E-state index contributed by atoms with van der Waals surface area (Å²) in [4.78, 5) is 13.6. The van der Waals surface area contributed by atoms with E-state index in [4.69, 9.17) is 11.5 Å². The molecule has 1 aliphatic heterocycles. The van der Waals surface area contributed by atoms with E-state index >= 15 is 0 Å². The third-order valence-electron chi connectivity index (χ3n) is 3.78. The fourth-order valence-corrected chi connectivity index (χ4v) is 3.29. The van der Waals surface area contributed by atoms with Crippen molar-refractivity contribution in [3.63, 3.8) is 0 Å². The van der Waals surface area contributed by atoms with Gasteiger partial charge in [-0.15, -0.1) is 0 Å². The highest BCUT2D eigenvalue weighted by molar-refractivity contribution is 9.10. The minimum Gasteiger partial charge on any atom is -0.369 e. The molecular weight excluding hydrogens is 306 g/mol. The molecular formula is C14H20BrN3O. The first-order valence-electron chi connectivity index (χ1n) is 6.61. The predicted molar refractivity (Wildman–Crippen MR) is 79.4 cm³/mol. The first-order chi connectivity index (χ1) is 9.13. The van der Waals surface area contributed by atoms with Crippen LogP contribution >= 0.6 is 15.9 Å². The van der Waals surface area contributed by atoms with Crippen molar-refractivity contribution in [3.8, 4) is 0 Å². The molecule has 0 spiro atoms. The molecule has 4 nitrogen and oxygen atoms in total. The average Bonchev–Trinajstić information content (AvgIpc) is 2.42. The number of nitrogens with zero attached hydrogens (tertiary/aromatic N) is 1. The van der Waals surface area contributed by atoms with Gasteiger partial charge in [-0.25, -0.2) is 0 Å². The van der Waals surface area contributed by atoms with E-state index in [-0.39, 0.29) is 17.9 Å². The largest absolute Gasteiger partial charge is 0.369 e. The summed E-state index contributed by atoms with van der Waals surface area (Å²) in [5.41, 5.74) is 12.6. The smallest absolute Gasteiger partial charge is 0.221 e. The number of carbonyl (C=O) groups excluding carboxylic acids is 1. The molecule has 104 valence electrons. The van der Waals surface area contributed by atoms with Crippen LogP contribution in [-0.2, 0) is 4.79 Å². The van der Waals surface area contributed by atoms with Gasteiger partial charge in [-0.05, 0) is 31.0 Å². The Labute approximate surface area is 122 Å². The lowest BCUT2D eigenvalue weighted by atomic mass is 9.94. The van der Waals surface area contributed by atoms with E-state index in [1.807, 2.05) is 18.2 Å². The highest BCUT2D eigenvalue weighted by Crippen LogP contribution is 2.30. The number of piperidine rings is 1. The Morgan fingerprint density at radius 3 is 2.84 bits per heavy atom. The van der Waals surface area contributed by atoms with Crippen LogP contribution in [0.25, 0.3) is 0 Å². The Kier molecular flexibility index (Phi) is 4.96. The maximum atomic E-state index is 11.4. The zero-order valence-corrected chi connectivity index (χ0v) is 12.5. The molecule has 5 heteroatoms. The van der Waals surface area contributed by atoms with Gasteiger partial charge in [0.05, 0.1) is 5.92 Å². The monoisotopic (exact) mass is 325 g/mol. The van der Waals surface area contributed by atoms with Crippen molar-refractivity contribution < 1.29 is 4.79 Å². The fourth-order valence-electron chi connectivity index (χ4n) is 2.74. The van der Waals surface area contributed by atoms with Gasteiger partial charge in [-0.3, -0.25) is 9.69 Å². The summed E-state index contributed by atoms with van der Waals surface area (Å²) < 4.78 is 1.06. The van der Waals surface area contributed by atoms with Crippen molar-refractivity contribution in [2.75, 3.05) is 19.6 Å². The standard InChI is InChI=1S/C14H20BrN3O/c15-12-6-2-1-5-11(12)13(8-16)18-7-3-4-10(9-18)14(17)19/h1-2,5-6,10,13H,3-4,7-9,16H2,(H2,17,19). The Morgan fingerprint density at radius 2 is 2.21 bits per heavy atom. The summed E-state index contributed by atoms with van der Waals surface area (Å²) in [5.74, 6) is -0.252. The molecule has 1 aromatic rings. The van der Waals surface area contributed by atoms with Crippen molar-refractivity contribution in [2.24, 2.45) is 17.4 Å². The van der Waals surface area contributed by atoms with Gasteiger partial charge < -0.3 is 11.5 Å². The molecule has 1 aromatic carbocycles. The Morgan fingerprint density at radius 1 is 1.47 bits per heavy atom. The maximum Gasteiger partial charge on any atom is 0.221 e. The lowest BCUT2D eigenvalue weighted by Gasteiger charge is -2.37. The molecule has 4 N–H and O–H groups in total. The number of benzene rings is 1. The second-order valence-corrected chi connectivity index (χ2v) is 5.86. The lowest BCUT2D eigenvalue weighted by Crippen LogP contribution is -2.44. The molecule has 1 aliphatic rings. The number of carbonyl (C=O) groups is 1. The molecule has 0 radical (unpaired) electrons. The SMILES string of the molecule is NCC(c1ccccc1Br)N1CCCC(C(N)=O)C1. The molecule has 1 heterocycles. The summed E-state index contributed by atoms with van der Waals surface area (Å²) in [5, 5.41) is 0. The van der Waals surface area contributed by atoms with E-state index in [1.54, 1.807) is 0 Å². The summed E-state index contributed by atoms with van der Waals surface area (Å²) in [6.07, 6.45) is 1.88. The summed E-state index contributed by atoms with van der Waals surface area (Å²) in [6.45, 7) is 2.21. The van der Waals surface area contributed by atoms with Gasteiger partial charge in [0.2, 0.25) is 5.91 Å². The molecule has 19 heavy (non-hydrogen) atoms. The zero-order chi connectivity index (χ0) is 13.8. The number of likely N-dealkylation sites (tertiary alicyclic amines) is 1. The fraction of sp³-hybridized carbons (Fsp3) is 0.500. The quantitative estimate of drug-likeness (QED) is 0.884. The van der Waals surface area contributed by atoms with Gasteiger partial charge in [0.1, 0.15) is 0 Å². The lowest BCUT2D eigenvalue weighted by molar-refractivity contribution is -0.123. The molecule has 0 aromatic heterocycles. The van der Waals surface area contributed by atoms with Crippen LogP contribution in [0.3, 0.4) is 0 Å². The van der Waals surface area contributed by atoms with E-state index in [0.29, 0.717) is 13.1 Å². The Balaban J connectivity index is 2.18. The molecule has 2 rings (SSSR count). The third kappa shape index (κ3) is 3.35. The van der Waals surface area contributed by atoms with E-state index in [1.165, 1.54) is 5.56 Å². The highest BCUT2D eigenvalue weighted by atomic mass is 79.9. The van der Waals surface area contributed by atoms with Gasteiger partial charge in [0.25, 0.3) is 0 Å². The molecule has 2 unspecified atom stereocenters. The van der Waals surface area contributed by atoms with E-state index in [2.05, 4.69) is 26.9 Å². The number of halogens is 1. The zero-order valence-electron chi connectivity index (χ0n) is 10.9. The average molecular weight is 326 g/mol. The summed E-state index contributed by atoms with van der Waals surface area (Å²) in [6, 6.07) is 8.24. The molecule has 1 saturated heterocycles. The van der Waals surface area contributed by atoms with Crippen LogP contribution in [0.15, 0.2) is 28.7 Å². The number of hydrogen-bond acceptors (Lipinski definition) is 3. The second-order valence-electron chi connectivity index (χ2n) is 5.01. The second kappa shape index (κ2) is 6.50. The van der Waals surface area contributed by atoms with Crippen LogP contribution in [0.1, 0.15) is 24.4 Å². The van der Waals surface area contributed by atoms with Crippen molar-refractivity contribution >= 4 is 21.8 Å². The molecule has 0 saturated carbocycles. The van der Waals surface area contributed by atoms with E-state index < -0.39 is 0 Å². The number of hydrogen-bond donors (Lipinski definition) is 2. The van der Waals surface area contributed by atoms with Crippen molar-refractivity contribution in [1.29, 1.82) is 0 Å². The minimum absolute atomic E-state index is 0.0507. The van der Waals surface area contributed by atoms with Crippen LogP contribution in [-0.4, -0.2) is 30.4 Å². The summed E-state index contributed by atoms with van der Waals surface area (Å²) in [7, 11) is 0. The van der Waals surface area contributed by atoms with Gasteiger partial charge in [0, 0.05) is 23.6 Å². The van der Waals surface area contributed by atoms with Crippen LogP contribution in [0.4, 0.5) is 0 Å². The topological polar surface area (TPSA) is 72.3 Å². The van der Waals surface area contributed by atoms with Gasteiger partial charge in [0.15, 0.2) is 0 Å². The van der Waals surface area contributed by atoms with Gasteiger partial charge >= 0.3 is 0 Å². The van der Waals surface area contributed by atoms with E-state index in [0.717, 1.165) is 23.9 Å². The van der Waals surface area contributed by atoms with Crippen molar-refractivity contribution in [1.82, 2.24) is 4.90 Å². The molecule has 2 atom stereocenters. The van der Waals surface area contributed by atoms with Crippen LogP contribution < -0.4 is 11.5 Å². The van der Waals surface area contributed by atoms with Crippen molar-refractivity contribution in [3.05, 3.63) is 34.3 Å². The maximum absolute atomic E-state index is 11.4. The Hall–Kier alpha value is -0.910. The van der Waals surface area contributed by atoms with Crippen LogP contribution in [0, 0.1) is 5.92 Å². The number of amides is 1. The molecule has 0 bridgehead atoms. The summed E-state index contributed by atoms with van der Waals surface area (Å²) >= 11 is 3.57. The highest BCUT2D eigenvalue weighted by Gasteiger charge is 2.29.